The smallest absolute Gasteiger partial charge is 0.245 e. The third-order valence-electron chi connectivity index (χ3n) is 5.14. The highest BCUT2D eigenvalue weighted by Crippen LogP contribution is 2.22. The zero-order chi connectivity index (χ0) is 22.7. The van der Waals surface area contributed by atoms with Crippen molar-refractivity contribution in [3.8, 4) is 0 Å². The van der Waals surface area contributed by atoms with Crippen molar-refractivity contribution < 1.29 is 13.2 Å². The molecule has 4 rings (SSSR count). The summed E-state index contributed by atoms with van der Waals surface area (Å²) in [6, 6.07) is 20.6. The van der Waals surface area contributed by atoms with E-state index in [0.29, 0.717) is 16.7 Å². The van der Waals surface area contributed by atoms with Crippen molar-refractivity contribution in [1.29, 1.82) is 0 Å². The van der Waals surface area contributed by atoms with E-state index in [1.807, 2.05) is 61.5 Å². The molecule has 0 aliphatic carbocycles. The Morgan fingerprint density at radius 3 is 2.53 bits per heavy atom. The molecule has 0 spiro atoms. The number of aromatic nitrogens is 2. The summed E-state index contributed by atoms with van der Waals surface area (Å²) in [6.45, 7) is 1.94. The van der Waals surface area contributed by atoms with Crippen LogP contribution < -0.4 is 9.62 Å². The quantitative estimate of drug-likeness (QED) is 0.450. The largest absolute Gasteiger partial charge is 0.314 e. The van der Waals surface area contributed by atoms with Gasteiger partial charge in [0.2, 0.25) is 15.9 Å². The second kappa shape index (κ2) is 9.15. The Morgan fingerprint density at radius 2 is 1.78 bits per heavy atom. The Balaban J connectivity index is 1.69. The lowest BCUT2D eigenvalue weighted by Crippen LogP contribution is -2.48. The Labute approximate surface area is 191 Å². The van der Waals surface area contributed by atoms with Gasteiger partial charge in [0, 0.05) is 12.7 Å². The molecule has 0 unspecified atom stereocenters. The van der Waals surface area contributed by atoms with E-state index in [2.05, 4.69) is 13.5 Å². The highest BCUT2D eigenvalue weighted by molar-refractivity contribution is 7.89. The van der Waals surface area contributed by atoms with E-state index < -0.39 is 16.1 Å². The fraction of sp³-hybridized carbons (Fsp3) is 0.174. The third kappa shape index (κ3) is 4.69. The molecule has 0 saturated heterocycles. The van der Waals surface area contributed by atoms with Crippen LogP contribution in [0.4, 0.5) is 5.69 Å². The average Bonchev–Trinajstić information content (AvgIpc) is 3.27. The second-order valence-electron chi connectivity index (χ2n) is 7.49. The molecule has 1 heterocycles. The molecule has 1 N–H and O–H groups in total. The number of anilines is 1. The number of rotatable bonds is 7. The van der Waals surface area contributed by atoms with Crippen molar-refractivity contribution in [2.45, 2.75) is 24.3 Å². The number of aryl methyl sites for hydroxylation is 1. The number of amides is 1. The van der Waals surface area contributed by atoms with Gasteiger partial charge < -0.3 is 4.90 Å². The first kappa shape index (κ1) is 22.1. The van der Waals surface area contributed by atoms with Crippen molar-refractivity contribution in [1.82, 2.24) is 13.5 Å². The van der Waals surface area contributed by atoms with Crippen LogP contribution in [0.25, 0.3) is 11.0 Å². The zero-order valence-electron chi connectivity index (χ0n) is 17.6. The predicted molar refractivity (Wildman–Crippen MR) is 126 cm³/mol. The summed E-state index contributed by atoms with van der Waals surface area (Å²) in [5.41, 5.74) is 3.34. The molecule has 0 aliphatic heterocycles. The molecule has 1 amide bonds. The number of hydrogen-bond donors (Lipinski definition) is 1. The van der Waals surface area contributed by atoms with Crippen molar-refractivity contribution in [3.05, 3.63) is 83.9 Å². The van der Waals surface area contributed by atoms with Crippen LogP contribution in [0.2, 0.25) is 0 Å². The molecule has 0 bridgehead atoms. The fourth-order valence-electron chi connectivity index (χ4n) is 3.48. The maximum absolute atomic E-state index is 13.5. The molecule has 1 aromatic heterocycles. The highest BCUT2D eigenvalue weighted by Gasteiger charge is 2.30. The van der Waals surface area contributed by atoms with E-state index in [1.54, 1.807) is 19.2 Å². The van der Waals surface area contributed by atoms with Gasteiger partial charge in [-0.2, -0.15) is 13.5 Å². The summed E-state index contributed by atoms with van der Waals surface area (Å²) in [7, 11) is -2.39. The minimum absolute atomic E-state index is 0.00724. The van der Waals surface area contributed by atoms with Crippen LogP contribution in [-0.4, -0.2) is 36.2 Å². The van der Waals surface area contributed by atoms with Gasteiger partial charge in [-0.05, 0) is 48.7 Å². The van der Waals surface area contributed by atoms with E-state index in [-0.39, 0.29) is 17.2 Å². The summed E-state index contributed by atoms with van der Waals surface area (Å²) in [5, 5.41) is 0. The van der Waals surface area contributed by atoms with Crippen molar-refractivity contribution in [2.75, 3.05) is 11.9 Å². The fourth-order valence-corrected chi connectivity index (χ4v) is 5.43. The van der Waals surface area contributed by atoms with Gasteiger partial charge in [-0.1, -0.05) is 48.5 Å². The summed E-state index contributed by atoms with van der Waals surface area (Å²) in [5.74, 6) is -0.355. The lowest BCUT2D eigenvalue weighted by Gasteiger charge is -2.25. The van der Waals surface area contributed by atoms with Gasteiger partial charge in [0.1, 0.15) is 22.0 Å². The maximum Gasteiger partial charge on any atom is 0.245 e. The molecule has 4 aromatic rings. The number of benzene rings is 3. The molecule has 9 heteroatoms. The van der Waals surface area contributed by atoms with E-state index >= 15 is 0 Å². The van der Waals surface area contributed by atoms with E-state index in [0.717, 1.165) is 22.9 Å². The Bertz CT molecular complexity index is 1350. The van der Waals surface area contributed by atoms with Crippen LogP contribution in [-0.2, 0) is 21.2 Å². The molecule has 7 nitrogen and oxygen atoms in total. The Morgan fingerprint density at radius 1 is 1.03 bits per heavy atom. The number of hydrogen-bond acceptors (Lipinski definition) is 6. The zero-order valence-corrected chi connectivity index (χ0v) is 19.2. The van der Waals surface area contributed by atoms with Gasteiger partial charge in [-0.3, -0.25) is 4.79 Å². The average molecular weight is 467 g/mol. The molecule has 0 aliphatic rings. The molecule has 0 radical (unpaired) electrons. The first-order valence-corrected chi connectivity index (χ1v) is 12.2. The van der Waals surface area contributed by atoms with Gasteiger partial charge in [0.15, 0.2) is 0 Å². The Hall–Kier alpha value is -3.14. The van der Waals surface area contributed by atoms with Gasteiger partial charge in [0.25, 0.3) is 0 Å². The monoisotopic (exact) mass is 466 g/mol. The molecular weight excluding hydrogens is 444 g/mol. The molecule has 0 fully saturated rings. The third-order valence-corrected chi connectivity index (χ3v) is 7.18. The predicted octanol–water partition coefficient (Wildman–Crippen LogP) is 3.55. The number of carbonyl (C=O) groups is 1. The van der Waals surface area contributed by atoms with Crippen molar-refractivity contribution >= 4 is 44.4 Å². The normalized spacial score (nSPS) is 12.6. The van der Waals surface area contributed by atoms with Crippen LogP contribution in [0.1, 0.15) is 11.1 Å². The molecular formula is C23H22N4O3S2. The van der Waals surface area contributed by atoms with Crippen LogP contribution in [0.3, 0.4) is 0 Å². The molecule has 0 saturated carbocycles. The first-order valence-electron chi connectivity index (χ1n) is 9.97. The van der Waals surface area contributed by atoms with Crippen molar-refractivity contribution in [3.63, 3.8) is 0 Å². The topological polar surface area (TPSA) is 92.3 Å². The minimum atomic E-state index is -4.04. The van der Waals surface area contributed by atoms with E-state index in [1.165, 1.54) is 11.0 Å². The molecule has 3 aromatic carbocycles. The summed E-state index contributed by atoms with van der Waals surface area (Å²) in [4.78, 5) is 14.9. The second-order valence-corrected chi connectivity index (χ2v) is 9.70. The number of nitrogens with zero attached hydrogens (tertiary/aromatic N) is 3. The van der Waals surface area contributed by atoms with Crippen molar-refractivity contribution in [2.24, 2.45) is 0 Å². The van der Waals surface area contributed by atoms with Crippen LogP contribution in [0.15, 0.2) is 77.7 Å². The first-order chi connectivity index (χ1) is 15.3. The van der Waals surface area contributed by atoms with E-state index in [4.69, 9.17) is 0 Å². The number of fused-ring (bicyclic) bond motifs is 1. The lowest BCUT2D eigenvalue weighted by atomic mass is 10.1. The molecule has 1 atom stereocenters. The number of likely N-dealkylation sites (N-methyl/N-ethyl adjacent to an activating group) is 1. The van der Waals surface area contributed by atoms with Gasteiger partial charge >= 0.3 is 0 Å². The lowest BCUT2D eigenvalue weighted by molar-refractivity contribution is -0.119. The van der Waals surface area contributed by atoms with Crippen LogP contribution >= 0.6 is 11.7 Å². The SMILES string of the molecule is Cc1cccc(N(C)C(=O)[C@@H](Cc2ccccc2)NS(=O)(=O)c2cccc3nsnc23)c1. The van der Waals surface area contributed by atoms with Crippen LogP contribution in [0, 0.1) is 6.92 Å². The Kier molecular flexibility index (Phi) is 6.31. The van der Waals surface area contributed by atoms with Gasteiger partial charge in [-0.25, -0.2) is 8.42 Å². The van der Waals surface area contributed by atoms with Gasteiger partial charge in [0.05, 0.1) is 11.7 Å². The number of carbonyl (C=O) groups excluding carboxylic acids is 1. The van der Waals surface area contributed by atoms with Gasteiger partial charge in [-0.15, -0.1) is 0 Å². The maximum atomic E-state index is 13.5. The number of sulfonamides is 1. The minimum Gasteiger partial charge on any atom is -0.314 e. The highest BCUT2D eigenvalue weighted by atomic mass is 32.2. The summed E-state index contributed by atoms with van der Waals surface area (Å²) < 4.78 is 37.5. The molecule has 32 heavy (non-hydrogen) atoms. The van der Waals surface area contributed by atoms with E-state index in [9.17, 15) is 13.2 Å². The standard InChI is InChI=1S/C23H22N4O3S2/c1-16-8-6-11-18(14-16)27(2)23(28)20(15-17-9-4-3-5-10-17)26-32(29,30)21-13-7-12-19-22(21)25-31-24-19/h3-14,20,26H,15H2,1-2H3/t20-/m1/s1. The number of nitrogens with one attached hydrogen (secondary N) is 1. The molecule has 164 valence electrons. The van der Waals surface area contributed by atoms with Crippen LogP contribution in [0.5, 0.6) is 0 Å². The summed E-state index contributed by atoms with van der Waals surface area (Å²) in [6.07, 6.45) is 0.209. The summed E-state index contributed by atoms with van der Waals surface area (Å²) >= 11 is 0.947.